The van der Waals surface area contributed by atoms with Crippen molar-refractivity contribution >= 4 is 11.9 Å². The molecule has 0 aliphatic carbocycles. The van der Waals surface area contributed by atoms with Crippen molar-refractivity contribution in [3.8, 4) is 17.2 Å². The fraction of sp³-hybridized carbons (Fsp3) is 0.459. The summed E-state index contributed by atoms with van der Waals surface area (Å²) >= 11 is 0. The highest BCUT2D eigenvalue weighted by atomic mass is 16.7. The van der Waals surface area contributed by atoms with Gasteiger partial charge in [-0.1, -0.05) is 36.4 Å². The van der Waals surface area contributed by atoms with Crippen LogP contribution in [0.25, 0.3) is 0 Å². The Morgan fingerprint density at radius 3 is 1.44 bits per heavy atom. The summed E-state index contributed by atoms with van der Waals surface area (Å²) in [6, 6.07) is 17.4. The maximum Gasteiger partial charge on any atom is 0.339 e. The minimum absolute atomic E-state index is 0.0575. The van der Waals surface area contributed by atoms with Crippen molar-refractivity contribution < 1.29 is 89.1 Å². The summed E-state index contributed by atoms with van der Waals surface area (Å²) in [6.45, 7) is -1.88. The summed E-state index contributed by atoms with van der Waals surface area (Å²) in [5.41, 5.74) is -1.10. The van der Waals surface area contributed by atoms with Crippen LogP contribution in [0.5, 0.6) is 17.2 Å². The molecule has 10 N–H and O–H groups in total. The van der Waals surface area contributed by atoms with Crippen molar-refractivity contribution in [1.29, 1.82) is 0 Å². The number of phenols is 1. The molecule has 0 radical (unpaired) electrons. The van der Waals surface area contributed by atoms with E-state index in [1.807, 2.05) is 0 Å². The van der Waals surface area contributed by atoms with Crippen molar-refractivity contribution in [2.45, 2.75) is 93.1 Å². The summed E-state index contributed by atoms with van der Waals surface area (Å²) in [5.74, 6) is -1.80. The molecule has 2 aliphatic rings. The number of phenolic OH excluding ortho intramolecular Hbond substituents is 1. The maximum atomic E-state index is 13.4. The summed E-state index contributed by atoms with van der Waals surface area (Å²) in [6.07, 6.45) is -15.9. The van der Waals surface area contributed by atoms with Gasteiger partial charge in [0, 0.05) is 6.42 Å². The number of carbonyl (C=O) groups is 2. The van der Waals surface area contributed by atoms with Gasteiger partial charge in [0.2, 0.25) is 12.6 Å². The van der Waals surface area contributed by atoms with Crippen LogP contribution in [-0.4, -0.2) is 143 Å². The molecule has 3 aromatic rings. The average molecular weight is 777 g/mol. The first-order valence-corrected chi connectivity index (χ1v) is 17.2. The van der Waals surface area contributed by atoms with E-state index in [1.165, 1.54) is 72.8 Å². The van der Waals surface area contributed by atoms with Crippen LogP contribution in [0.3, 0.4) is 0 Å². The second-order valence-corrected chi connectivity index (χ2v) is 13.2. The predicted octanol–water partition coefficient (Wildman–Crippen LogP) is -2.10. The predicted molar refractivity (Wildman–Crippen MR) is 183 cm³/mol. The Kier molecular flexibility index (Phi) is 14.0. The lowest BCUT2D eigenvalue weighted by Gasteiger charge is -2.39. The van der Waals surface area contributed by atoms with Gasteiger partial charge in [0.15, 0.2) is 5.60 Å². The zero-order valence-electron chi connectivity index (χ0n) is 29.2. The highest BCUT2D eigenvalue weighted by Crippen LogP contribution is 2.28. The fourth-order valence-corrected chi connectivity index (χ4v) is 5.82. The second kappa shape index (κ2) is 18.5. The molecule has 2 aliphatic heterocycles. The van der Waals surface area contributed by atoms with Gasteiger partial charge in [0.05, 0.1) is 19.6 Å². The molecule has 0 bridgehead atoms. The first-order valence-electron chi connectivity index (χ1n) is 17.2. The van der Waals surface area contributed by atoms with Gasteiger partial charge in [-0.3, -0.25) is 4.79 Å². The third-order valence-electron chi connectivity index (χ3n) is 9.07. The van der Waals surface area contributed by atoms with Gasteiger partial charge >= 0.3 is 11.9 Å². The number of aliphatic hydroxyl groups is 9. The molecule has 18 nitrogen and oxygen atoms in total. The van der Waals surface area contributed by atoms with Crippen LogP contribution in [0.4, 0.5) is 0 Å². The van der Waals surface area contributed by atoms with Gasteiger partial charge in [-0.15, -0.1) is 0 Å². The lowest BCUT2D eigenvalue weighted by atomic mass is 9.91. The van der Waals surface area contributed by atoms with Crippen LogP contribution < -0.4 is 9.47 Å². The van der Waals surface area contributed by atoms with Crippen LogP contribution in [0.2, 0.25) is 0 Å². The SMILES string of the molecule is O=C(C[C@@](O)(Cc1ccc(O)cc1)C(=O)OCc1ccc(O[C@@H]2O[C@H](CO)[C@@H](O)[C@H](O)[C@H]2O)cc1)OCc1ccc(O[C@@H]2O[C@H](CO)[C@@H](O)[C@H](O)[C@H]2O)cc1. The number of aromatic hydroxyl groups is 1. The van der Waals surface area contributed by atoms with Crippen molar-refractivity contribution in [2.24, 2.45) is 0 Å². The highest BCUT2D eigenvalue weighted by Gasteiger charge is 2.46. The molecule has 2 fully saturated rings. The van der Waals surface area contributed by atoms with Gasteiger partial charge in [0.25, 0.3) is 0 Å². The second-order valence-electron chi connectivity index (χ2n) is 13.2. The Bertz CT molecular complexity index is 1680. The maximum absolute atomic E-state index is 13.4. The number of rotatable bonds is 15. The van der Waals surface area contributed by atoms with Crippen LogP contribution in [-0.2, 0) is 48.2 Å². The number of aliphatic hydroxyl groups excluding tert-OH is 8. The Balaban J connectivity index is 1.17. The normalized spacial score (nSPS) is 29.1. The highest BCUT2D eigenvalue weighted by molar-refractivity contribution is 5.86. The molecule has 55 heavy (non-hydrogen) atoms. The zero-order valence-corrected chi connectivity index (χ0v) is 29.2. The van der Waals surface area contributed by atoms with Crippen LogP contribution in [0.1, 0.15) is 23.1 Å². The van der Waals surface area contributed by atoms with E-state index in [1.54, 1.807) is 0 Å². The van der Waals surface area contributed by atoms with E-state index in [-0.39, 0.29) is 36.9 Å². The average Bonchev–Trinajstić information content (AvgIpc) is 3.18. The summed E-state index contributed by atoms with van der Waals surface area (Å²) in [7, 11) is 0. The molecule has 0 aromatic heterocycles. The van der Waals surface area contributed by atoms with E-state index in [4.69, 9.17) is 28.4 Å². The smallest absolute Gasteiger partial charge is 0.339 e. The van der Waals surface area contributed by atoms with E-state index in [2.05, 4.69) is 0 Å². The topological polar surface area (TPSA) is 292 Å². The van der Waals surface area contributed by atoms with E-state index < -0.39 is 98.6 Å². The molecule has 3 aromatic carbocycles. The van der Waals surface area contributed by atoms with Crippen molar-refractivity contribution in [3.63, 3.8) is 0 Å². The lowest BCUT2D eigenvalue weighted by Crippen LogP contribution is -2.60. The van der Waals surface area contributed by atoms with Crippen molar-refractivity contribution in [3.05, 3.63) is 89.5 Å². The third kappa shape index (κ3) is 10.5. The van der Waals surface area contributed by atoms with Crippen LogP contribution in [0, 0.1) is 0 Å². The first-order chi connectivity index (χ1) is 26.2. The van der Waals surface area contributed by atoms with Gasteiger partial charge in [-0.2, -0.15) is 0 Å². The molecular formula is C37H44O18. The minimum atomic E-state index is -2.40. The minimum Gasteiger partial charge on any atom is -0.508 e. The van der Waals surface area contributed by atoms with Crippen LogP contribution >= 0.6 is 0 Å². The van der Waals surface area contributed by atoms with Gasteiger partial charge in [-0.05, 0) is 53.1 Å². The lowest BCUT2D eigenvalue weighted by molar-refractivity contribution is -0.277. The molecule has 0 saturated carbocycles. The van der Waals surface area contributed by atoms with Gasteiger partial charge in [-0.25, -0.2) is 4.79 Å². The third-order valence-corrected chi connectivity index (χ3v) is 9.07. The van der Waals surface area contributed by atoms with E-state index in [0.717, 1.165) is 0 Å². The number of ether oxygens (including phenoxy) is 6. The molecule has 0 amide bonds. The molecule has 18 heteroatoms. The summed E-state index contributed by atoms with van der Waals surface area (Å²) in [4.78, 5) is 26.3. The van der Waals surface area contributed by atoms with Crippen LogP contribution in [0.15, 0.2) is 72.8 Å². The summed E-state index contributed by atoms with van der Waals surface area (Å²) in [5, 5.41) is 100. The van der Waals surface area contributed by atoms with Gasteiger partial charge < -0.3 is 79.5 Å². The van der Waals surface area contributed by atoms with Crippen molar-refractivity contribution in [2.75, 3.05) is 13.2 Å². The van der Waals surface area contributed by atoms with Crippen molar-refractivity contribution in [1.82, 2.24) is 0 Å². The number of carbonyl (C=O) groups excluding carboxylic acids is 2. The van der Waals surface area contributed by atoms with E-state index >= 15 is 0 Å². The standard InChI is InChI=1S/C37H44O18/c38-15-25-28(42)30(44)32(46)34(54-25)52-23-9-3-20(4-10-23)17-50-27(41)14-37(49,13-19-1-7-22(40)8-2-19)36(48)51-18-21-5-11-24(12-6-21)53-35-33(47)31(45)29(43)26(16-39)55-35/h1-12,25-26,28-35,38-40,42-47,49H,13-18H2/t25-,26-,28-,29-,30+,31+,32-,33-,34-,35-,37+/m1/s1. The first kappa shape index (κ1) is 41.7. The number of hydrogen-bond donors (Lipinski definition) is 10. The monoisotopic (exact) mass is 776 g/mol. The Hall–Kier alpha value is -4.44. The molecule has 300 valence electrons. The molecule has 11 atom stereocenters. The quantitative estimate of drug-likeness (QED) is 0.0740. The molecule has 0 spiro atoms. The molecule has 2 heterocycles. The molecule has 2 saturated heterocycles. The molecule has 0 unspecified atom stereocenters. The summed E-state index contributed by atoms with van der Waals surface area (Å²) < 4.78 is 32.5. The Morgan fingerprint density at radius 1 is 0.582 bits per heavy atom. The number of esters is 2. The van der Waals surface area contributed by atoms with E-state index in [0.29, 0.717) is 16.7 Å². The largest absolute Gasteiger partial charge is 0.508 e. The fourth-order valence-electron chi connectivity index (χ4n) is 5.82. The number of benzene rings is 3. The zero-order chi connectivity index (χ0) is 39.9. The Labute approximate surface area is 313 Å². The Morgan fingerprint density at radius 2 is 1.00 bits per heavy atom. The van der Waals surface area contributed by atoms with Gasteiger partial charge in [0.1, 0.15) is 79.3 Å². The molecule has 5 rings (SSSR count). The van der Waals surface area contributed by atoms with E-state index in [9.17, 15) is 60.7 Å². The number of hydrogen-bond acceptors (Lipinski definition) is 18. The molecular weight excluding hydrogens is 732 g/mol.